The number of hydrogen-bond acceptors (Lipinski definition) is 5. The molecule has 7 heteroatoms. The van der Waals surface area contributed by atoms with Crippen molar-refractivity contribution in [1.82, 2.24) is 4.90 Å². The molecular weight excluding hydrogens is 370 g/mol. The van der Waals surface area contributed by atoms with Crippen LogP contribution < -0.4 is 18.9 Å². The Balaban J connectivity index is 2.06. The summed E-state index contributed by atoms with van der Waals surface area (Å²) in [5, 5.41) is 0.659. The molecule has 0 atom stereocenters. The summed E-state index contributed by atoms with van der Waals surface area (Å²) in [6.45, 7) is 2.14. The zero-order chi connectivity index (χ0) is 20.0. The first-order valence-corrected chi connectivity index (χ1v) is 8.69. The Labute approximate surface area is 164 Å². The Bertz CT molecular complexity index is 809. The predicted octanol–water partition coefficient (Wildman–Crippen LogP) is 3.71. The number of hydrogen-bond donors (Lipinski definition) is 0. The van der Waals surface area contributed by atoms with Crippen LogP contribution in [0, 0.1) is 6.92 Å². The van der Waals surface area contributed by atoms with Gasteiger partial charge in [0.1, 0.15) is 5.75 Å². The number of benzene rings is 2. The van der Waals surface area contributed by atoms with E-state index < -0.39 is 0 Å². The minimum Gasteiger partial charge on any atom is -0.493 e. The number of halogens is 1. The molecule has 2 aromatic rings. The fraction of sp³-hybridized carbons (Fsp3) is 0.350. The molecule has 0 heterocycles. The van der Waals surface area contributed by atoms with Crippen LogP contribution in [0.3, 0.4) is 0 Å². The highest BCUT2D eigenvalue weighted by Gasteiger charge is 2.19. The molecule has 0 fully saturated rings. The maximum atomic E-state index is 12.4. The Hall–Kier alpha value is -2.60. The predicted molar refractivity (Wildman–Crippen MR) is 104 cm³/mol. The van der Waals surface area contributed by atoms with Crippen LogP contribution >= 0.6 is 11.6 Å². The van der Waals surface area contributed by atoms with Crippen molar-refractivity contribution in [2.45, 2.75) is 13.5 Å². The third-order valence-corrected chi connectivity index (χ3v) is 4.53. The van der Waals surface area contributed by atoms with Crippen molar-refractivity contribution in [2.24, 2.45) is 0 Å². The molecule has 146 valence electrons. The van der Waals surface area contributed by atoms with Gasteiger partial charge in [0.25, 0.3) is 5.91 Å². The number of aryl methyl sites for hydroxylation is 1. The summed E-state index contributed by atoms with van der Waals surface area (Å²) in [5.41, 5.74) is 1.69. The SMILES string of the molecule is COc1ccc(CN(C)C(=O)COc2ccc(Cl)c(C)c2)c(OC)c1OC. The van der Waals surface area contributed by atoms with Crippen LogP contribution in [0.2, 0.25) is 5.02 Å². The van der Waals surface area contributed by atoms with Crippen LogP contribution in [-0.4, -0.2) is 45.8 Å². The number of methoxy groups -OCH3 is 3. The molecule has 0 N–H and O–H groups in total. The lowest BCUT2D eigenvalue weighted by Crippen LogP contribution is -2.31. The van der Waals surface area contributed by atoms with Crippen LogP contribution in [0.4, 0.5) is 0 Å². The van der Waals surface area contributed by atoms with Gasteiger partial charge in [-0.15, -0.1) is 0 Å². The Kier molecular flexibility index (Phi) is 7.19. The van der Waals surface area contributed by atoms with Gasteiger partial charge < -0.3 is 23.8 Å². The number of nitrogens with zero attached hydrogens (tertiary/aromatic N) is 1. The van der Waals surface area contributed by atoms with Crippen molar-refractivity contribution >= 4 is 17.5 Å². The number of amides is 1. The van der Waals surface area contributed by atoms with Gasteiger partial charge in [-0.1, -0.05) is 11.6 Å². The standard InChI is InChI=1S/C20H24ClNO5/c1-13-10-15(7-8-16(13)21)27-12-18(23)22(2)11-14-6-9-17(24-3)20(26-5)19(14)25-4/h6-10H,11-12H2,1-5H3. The summed E-state index contributed by atoms with van der Waals surface area (Å²) in [6.07, 6.45) is 0. The zero-order valence-corrected chi connectivity index (χ0v) is 16.9. The highest BCUT2D eigenvalue weighted by atomic mass is 35.5. The van der Waals surface area contributed by atoms with Gasteiger partial charge in [0.05, 0.1) is 21.3 Å². The lowest BCUT2D eigenvalue weighted by atomic mass is 10.1. The second-order valence-electron chi connectivity index (χ2n) is 5.94. The molecule has 0 aromatic heterocycles. The number of rotatable bonds is 8. The monoisotopic (exact) mass is 393 g/mol. The van der Waals surface area contributed by atoms with E-state index in [9.17, 15) is 4.79 Å². The molecule has 0 aliphatic heterocycles. The highest BCUT2D eigenvalue weighted by molar-refractivity contribution is 6.31. The summed E-state index contributed by atoms with van der Waals surface area (Å²) in [5.74, 6) is 2.02. The van der Waals surface area contributed by atoms with Gasteiger partial charge in [0.15, 0.2) is 18.1 Å². The van der Waals surface area contributed by atoms with Crippen LogP contribution in [-0.2, 0) is 11.3 Å². The van der Waals surface area contributed by atoms with E-state index in [1.165, 1.54) is 0 Å². The normalized spacial score (nSPS) is 10.3. The molecule has 0 aliphatic carbocycles. The first-order valence-electron chi connectivity index (χ1n) is 8.32. The van der Waals surface area contributed by atoms with Crippen molar-refractivity contribution in [1.29, 1.82) is 0 Å². The molecule has 27 heavy (non-hydrogen) atoms. The molecule has 2 aromatic carbocycles. The average Bonchev–Trinajstić information content (AvgIpc) is 2.67. The molecule has 0 saturated heterocycles. The van der Waals surface area contributed by atoms with E-state index in [1.807, 2.05) is 13.0 Å². The van der Waals surface area contributed by atoms with Crippen LogP contribution in [0.1, 0.15) is 11.1 Å². The molecule has 6 nitrogen and oxygen atoms in total. The molecule has 0 aliphatic rings. The fourth-order valence-electron chi connectivity index (χ4n) is 2.59. The largest absolute Gasteiger partial charge is 0.493 e. The second-order valence-corrected chi connectivity index (χ2v) is 6.35. The third kappa shape index (κ3) is 4.98. The van der Waals surface area contributed by atoms with E-state index >= 15 is 0 Å². The smallest absolute Gasteiger partial charge is 0.260 e. The number of carbonyl (C=O) groups excluding carboxylic acids is 1. The van der Waals surface area contributed by atoms with E-state index in [2.05, 4.69) is 0 Å². The van der Waals surface area contributed by atoms with Gasteiger partial charge in [0, 0.05) is 24.2 Å². The molecule has 1 amide bonds. The summed E-state index contributed by atoms with van der Waals surface area (Å²) < 4.78 is 21.7. The van der Waals surface area contributed by atoms with E-state index in [0.29, 0.717) is 34.6 Å². The molecule has 0 radical (unpaired) electrons. The Morgan fingerprint density at radius 3 is 2.33 bits per heavy atom. The molecule has 2 rings (SSSR count). The first-order chi connectivity index (χ1) is 12.9. The lowest BCUT2D eigenvalue weighted by molar-refractivity contribution is -0.132. The fourth-order valence-corrected chi connectivity index (χ4v) is 2.71. The van der Waals surface area contributed by atoms with E-state index in [0.717, 1.165) is 11.1 Å². The van der Waals surface area contributed by atoms with E-state index in [1.54, 1.807) is 57.5 Å². The van der Waals surface area contributed by atoms with Crippen molar-refractivity contribution in [3.8, 4) is 23.0 Å². The molecule has 0 saturated carbocycles. The molecular formula is C20H24ClNO5. The molecule has 0 bridgehead atoms. The van der Waals surface area contributed by atoms with Crippen molar-refractivity contribution in [3.05, 3.63) is 46.5 Å². The zero-order valence-electron chi connectivity index (χ0n) is 16.2. The van der Waals surface area contributed by atoms with Gasteiger partial charge in [-0.05, 0) is 42.8 Å². The number of carbonyl (C=O) groups is 1. The summed E-state index contributed by atoms with van der Waals surface area (Å²) in [4.78, 5) is 14.0. The summed E-state index contributed by atoms with van der Waals surface area (Å²) in [7, 11) is 6.35. The van der Waals surface area contributed by atoms with Crippen LogP contribution in [0.5, 0.6) is 23.0 Å². The highest BCUT2D eigenvalue weighted by Crippen LogP contribution is 2.40. The minimum atomic E-state index is -0.167. The summed E-state index contributed by atoms with van der Waals surface area (Å²) in [6, 6.07) is 8.90. The van der Waals surface area contributed by atoms with Gasteiger partial charge in [-0.2, -0.15) is 0 Å². The van der Waals surface area contributed by atoms with Gasteiger partial charge in [-0.3, -0.25) is 4.79 Å². The average molecular weight is 394 g/mol. The summed E-state index contributed by atoms with van der Waals surface area (Å²) >= 11 is 6.00. The first kappa shape index (κ1) is 20.7. The molecule has 0 spiro atoms. The van der Waals surface area contributed by atoms with Crippen LogP contribution in [0.15, 0.2) is 30.3 Å². The Morgan fingerprint density at radius 1 is 1.04 bits per heavy atom. The van der Waals surface area contributed by atoms with E-state index in [-0.39, 0.29) is 12.5 Å². The topological polar surface area (TPSA) is 57.2 Å². The van der Waals surface area contributed by atoms with Crippen molar-refractivity contribution in [3.63, 3.8) is 0 Å². The third-order valence-electron chi connectivity index (χ3n) is 4.11. The van der Waals surface area contributed by atoms with Gasteiger partial charge in [-0.25, -0.2) is 0 Å². The van der Waals surface area contributed by atoms with Gasteiger partial charge >= 0.3 is 0 Å². The lowest BCUT2D eigenvalue weighted by Gasteiger charge is -2.21. The van der Waals surface area contributed by atoms with E-state index in [4.69, 9.17) is 30.5 Å². The minimum absolute atomic E-state index is 0.0762. The Morgan fingerprint density at radius 2 is 1.74 bits per heavy atom. The maximum Gasteiger partial charge on any atom is 0.260 e. The van der Waals surface area contributed by atoms with Crippen LogP contribution in [0.25, 0.3) is 0 Å². The quantitative estimate of drug-likeness (QED) is 0.684. The molecule has 0 unspecified atom stereocenters. The van der Waals surface area contributed by atoms with Gasteiger partial charge in [0.2, 0.25) is 5.75 Å². The number of likely N-dealkylation sites (N-methyl/N-ethyl adjacent to an activating group) is 1. The van der Waals surface area contributed by atoms with Crippen molar-refractivity contribution < 1.29 is 23.7 Å². The van der Waals surface area contributed by atoms with Crippen molar-refractivity contribution in [2.75, 3.05) is 35.0 Å². The number of ether oxygens (including phenoxy) is 4. The second kappa shape index (κ2) is 9.37. The maximum absolute atomic E-state index is 12.4.